The van der Waals surface area contributed by atoms with Crippen LogP contribution in [0.25, 0.3) is 0 Å². The van der Waals surface area contributed by atoms with E-state index in [2.05, 4.69) is 0 Å². The monoisotopic (exact) mass is 308 g/mol. The van der Waals surface area contributed by atoms with E-state index in [4.69, 9.17) is 4.74 Å². The van der Waals surface area contributed by atoms with Crippen LogP contribution in [0.5, 0.6) is 5.75 Å². The third-order valence-corrected chi connectivity index (χ3v) is 4.53. The zero-order chi connectivity index (χ0) is 15.5. The zero-order valence-electron chi connectivity index (χ0n) is 11.2. The van der Waals surface area contributed by atoms with E-state index in [-0.39, 0.29) is 16.2 Å². The Balaban J connectivity index is 2.24. The Morgan fingerprint density at radius 3 is 2.38 bits per heavy atom. The highest BCUT2D eigenvalue weighted by Crippen LogP contribution is 2.19. The minimum atomic E-state index is -3.74. The van der Waals surface area contributed by atoms with Gasteiger partial charge < -0.3 is 4.74 Å². The van der Waals surface area contributed by atoms with Gasteiger partial charge >= 0.3 is 0 Å². The van der Waals surface area contributed by atoms with Crippen LogP contribution in [0.2, 0.25) is 0 Å². The van der Waals surface area contributed by atoms with Crippen molar-refractivity contribution in [1.29, 1.82) is 0 Å². The highest BCUT2D eigenvalue weighted by Gasteiger charge is 2.21. The number of hydrogen-bond donors (Lipinski definition) is 0. The van der Waals surface area contributed by atoms with Crippen molar-refractivity contribution in [3.8, 4) is 5.75 Å². The maximum absolute atomic E-state index is 13.5. The number of sulfone groups is 1. The molecule has 0 aliphatic carbocycles. The number of methoxy groups -OCH3 is 1. The molecular weight excluding hydrogens is 295 g/mol. The van der Waals surface area contributed by atoms with Gasteiger partial charge in [-0.05, 0) is 30.3 Å². The molecule has 2 aromatic rings. The van der Waals surface area contributed by atoms with E-state index in [1.54, 1.807) is 18.2 Å². The Labute approximate surface area is 122 Å². The van der Waals surface area contributed by atoms with Crippen LogP contribution < -0.4 is 4.74 Å². The van der Waals surface area contributed by atoms with Crippen molar-refractivity contribution >= 4 is 15.6 Å². The predicted octanol–water partition coefficient (Wildman–Crippen LogP) is 2.49. The van der Waals surface area contributed by atoms with Crippen molar-refractivity contribution in [2.75, 3.05) is 12.9 Å². The van der Waals surface area contributed by atoms with Gasteiger partial charge in [-0.2, -0.15) is 0 Å². The Morgan fingerprint density at radius 2 is 1.81 bits per heavy atom. The van der Waals surface area contributed by atoms with E-state index in [0.717, 1.165) is 6.07 Å². The molecule has 0 bridgehead atoms. The van der Waals surface area contributed by atoms with Gasteiger partial charge in [0.05, 0.1) is 12.0 Å². The Kier molecular flexibility index (Phi) is 4.37. The largest absolute Gasteiger partial charge is 0.494 e. The Hall–Kier alpha value is -2.21. The van der Waals surface area contributed by atoms with Crippen LogP contribution in [0.4, 0.5) is 4.39 Å². The highest BCUT2D eigenvalue weighted by molar-refractivity contribution is 7.92. The number of hydrogen-bond acceptors (Lipinski definition) is 4. The fourth-order valence-electron chi connectivity index (χ4n) is 1.81. The van der Waals surface area contributed by atoms with Crippen LogP contribution in [0.3, 0.4) is 0 Å². The first-order valence-corrected chi connectivity index (χ1v) is 7.74. The summed E-state index contributed by atoms with van der Waals surface area (Å²) in [5.41, 5.74) is -0.00666. The van der Waals surface area contributed by atoms with Crippen molar-refractivity contribution in [2.24, 2.45) is 0 Å². The van der Waals surface area contributed by atoms with E-state index < -0.39 is 27.2 Å². The van der Waals surface area contributed by atoms with Gasteiger partial charge in [-0.1, -0.05) is 18.2 Å². The smallest absolute Gasteiger partial charge is 0.185 e. The average Bonchev–Trinajstić information content (AvgIpc) is 2.47. The van der Waals surface area contributed by atoms with E-state index >= 15 is 0 Å². The van der Waals surface area contributed by atoms with E-state index in [9.17, 15) is 17.6 Å². The van der Waals surface area contributed by atoms with Crippen LogP contribution >= 0.6 is 0 Å². The second-order valence-corrected chi connectivity index (χ2v) is 6.33. The number of carbonyl (C=O) groups is 1. The second-order valence-electron chi connectivity index (χ2n) is 4.34. The van der Waals surface area contributed by atoms with Crippen LogP contribution in [-0.2, 0) is 9.84 Å². The number of Topliss-reactive ketones (excluding diaryl/α,β-unsaturated/α-hetero) is 1. The molecule has 6 heteroatoms. The van der Waals surface area contributed by atoms with Crippen LogP contribution in [0.1, 0.15) is 10.4 Å². The summed E-state index contributed by atoms with van der Waals surface area (Å²) in [6.45, 7) is 0. The molecule has 0 atom stereocenters. The lowest BCUT2D eigenvalue weighted by atomic mass is 10.1. The lowest BCUT2D eigenvalue weighted by Crippen LogP contribution is -2.16. The van der Waals surface area contributed by atoms with Gasteiger partial charge in [0, 0.05) is 5.56 Å². The molecule has 0 N–H and O–H groups in total. The standard InChI is InChI=1S/C15H13FO4S/c1-20-15-8-7-11(9-13(15)16)14(17)10-21(18,19)12-5-3-2-4-6-12/h2-9H,10H2,1H3. The molecule has 0 spiro atoms. The predicted molar refractivity (Wildman–Crippen MR) is 75.8 cm³/mol. The van der Waals surface area contributed by atoms with Gasteiger partial charge in [0.15, 0.2) is 27.2 Å². The molecule has 2 aromatic carbocycles. The van der Waals surface area contributed by atoms with Crippen molar-refractivity contribution in [2.45, 2.75) is 4.90 Å². The Morgan fingerprint density at radius 1 is 1.14 bits per heavy atom. The molecular formula is C15H13FO4S. The first kappa shape index (κ1) is 15.2. The fourth-order valence-corrected chi connectivity index (χ4v) is 3.06. The quantitative estimate of drug-likeness (QED) is 0.796. The van der Waals surface area contributed by atoms with Gasteiger partial charge in [-0.15, -0.1) is 0 Å². The summed E-state index contributed by atoms with van der Waals surface area (Å²) < 4.78 is 42.5. The SMILES string of the molecule is COc1ccc(C(=O)CS(=O)(=O)c2ccccc2)cc1F. The van der Waals surface area contributed by atoms with E-state index in [0.29, 0.717) is 0 Å². The lowest BCUT2D eigenvalue weighted by Gasteiger charge is -2.06. The molecule has 0 aromatic heterocycles. The van der Waals surface area contributed by atoms with Gasteiger partial charge in [0.1, 0.15) is 5.75 Å². The summed E-state index contributed by atoms with van der Waals surface area (Å²) in [5.74, 6) is -2.08. The average molecular weight is 308 g/mol. The third kappa shape index (κ3) is 3.46. The Bertz CT molecular complexity index is 754. The maximum Gasteiger partial charge on any atom is 0.185 e. The highest BCUT2D eigenvalue weighted by atomic mass is 32.2. The first-order valence-electron chi connectivity index (χ1n) is 6.08. The minimum Gasteiger partial charge on any atom is -0.494 e. The normalized spacial score (nSPS) is 11.1. The lowest BCUT2D eigenvalue weighted by molar-refractivity contribution is 0.102. The van der Waals surface area contributed by atoms with Gasteiger partial charge in [0.25, 0.3) is 0 Å². The third-order valence-electron chi connectivity index (χ3n) is 2.90. The summed E-state index contributed by atoms with van der Waals surface area (Å²) in [6.07, 6.45) is 0. The minimum absolute atomic E-state index is 0.00235. The van der Waals surface area contributed by atoms with Gasteiger partial charge in [0.2, 0.25) is 0 Å². The molecule has 4 nitrogen and oxygen atoms in total. The fraction of sp³-hybridized carbons (Fsp3) is 0.133. The molecule has 0 heterocycles. The summed E-state index contributed by atoms with van der Waals surface area (Å²) >= 11 is 0. The first-order chi connectivity index (χ1) is 9.94. The number of rotatable bonds is 5. The molecule has 0 aliphatic heterocycles. The summed E-state index contributed by atoms with van der Waals surface area (Å²) in [7, 11) is -2.43. The number of ketones is 1. The summed E-state index contributed by atoms with van der Waals surface area (Å²) in [6, 6.07) is 11.3. The van der Waals surface area contributed by atoms with Crippen molar-refractivity contribution < 1.29 is 22.3 Å². The summed E-state index contributed by atoms with van der Waals surface area (Å²) in [5, 5.41) is 0. The van der Waals surface area contributed by atoms with Gasteiger partial charge in [-0.3, -0.25) is 4.79 Å². The number of carbonyl (C=O) groups excluding carboxylic acids is 1. The number of halogens is 1. The molecule has 21 heavy (non-hydrogen) atoms. The van der Waals surface area contributed by atoms with Crippen molar-refractivity contribution in [3.63, 3.8) is 0 Å². The molecule has 0 saturated heterocycles. The molecule has 110 valence electrons. The summed E-state index contributed by atoms with van der Waals surface area (Å²) in [4.78, 5) is 12.1. The maximum atomic E-state index is 13.5. The van der Waals surface area contributed by atoms with Crippen LogP contribution in [0.15, 0.2) is 53.4 Å². The van der Waals surface area contributed by atoms with E-state index in [1.165, 1.54) is 31.4 Å². The molecule has 0 amide bonds. The molecule has 0 saturated carbocycles. The second kappa shape index (κ2) is 6.05. The van der Waals surface area contributed by atoms with Crippen molar-refractivity contribution in [3.05, 3.63) is 59.9 Å². The van der Waals surface area contributed by atoms with E-state index in [1.807, 2.05) is 0 Å². The molecule has 0 unspecified atom stereocenters. The molecule has 2 rings (SSSR count). The van der Waals surface area contributed by atoms with Gasteiger partial charge in [-0.25, -0.2) is 12.8 Å². The van der Waals surface area contributed by atoms with Crippen molar-refractivity contribution in [1.82, 2.24) is 0 Å². The number of benzene rings is 2. The van der Waals surface area contributed by atoms with Crippen LogP contribution in [-0.4, -0.2) is 27.1 Å². The zero-order valence-corrected chi connectivity index (χ0v) is 12.1. The molecule has 0 aliphatic rings. The van der Waals surface area contributed by atoms with Crippen LogP contribution in [0, 0.1) is 5.82 Å². The number of ether oxygens (including phenoxy) is 1. The molecule has 0 fully saturated rings. The topological polar surface area (TPSA) is 60.4 Å². The molecule has 0 radical (unpaired) electrons.